The van der Waals surface area contributed by atoms with Crippen molar-refractivity contribution in [3.63, 3.8) is 0 Å². The zero-order chi connectivity index (χ0) is 4.50. The Balaban J connectivity index is -0.0000000267. The Morgan fingerprint density at radius 1 is 1.12 bits per heavy atom. The van der Waals surface area contributed by atoms with Crippen LogP contribution in [0.2, 0.25) is 0 Å². The fourth-order valence-electron chi connectivity index (χ4n) is 0. The fraction of sp³-hybridized carbons (Fsp3) is 0. The molecule has 0 rings (SSSR count). The van der Waals surface area contributed by atoms with Gasteiger partial charge < -0.3 is 20.7 Å². The maximum atomic E-state index is 8.52. The third kappa shape index (κ3) is 230. The molecular weight excluding hydrogens is 289 g/mol. The molecule has 0 saturated carbocycles. The van der Waals surface area contributed by atoms with Gasteiger partial charge >= 0.3 is 0 Å². The third-order valence-corrected chi connectivity index (χ3v) is 0. The van der Waals surface area contributed by atoms with Crippen molar-refractivity contribution < 1.29 is 61.2 Å². The van der Waals surface area contributed by atoms with Crippen LogP contribution in [0.1, 0.15) is 0 Å². The van der Waals surface area contributed by atoms with E-state index in [4.69, 9.17) is 17.5 Å². The van der Waals surface area contributed by atoms with Gasteiger partial charge in [-0.3, -0.25) is 8.42 Å². The van der Waals surface area contributed by atoms with Gasteiger partial charge in [0.05, 0.1) is 0 Å². The van der Waals surface area contributed by atoms with Crippen molar-refractivity contribution in [3.8, 4) is 0 Å². The van der Waals surface area contributed by atoms with Crippen molar-refractivity contribution in [2.24, 2.45) is 0 Å². The molecule has 0 aromatic heterocycles. The monoisotopic (exact) mass is 295 g/mol. The topological polar surface area (TPSA) is 147 Å². The first-order valence-electron chi connectivity index (χ1n) is 0.667. The molecule has 0 bridgehead atoms. The van der Waals surface area contributed by atoms with Crippen LogP contribution in [0.15, 0.2) is 0 Å². The fourth-order valence-corrected chi connectivity index (χ4v) is 0. The summed E-state index contributed by atoms with van der Waals surface area (Å²) in [6.07, 6.45) is 0. The maximum Gasteiger partial charge on any atom is 0.0311 e. The normalized spacial score (nSPS) is 7.25. The van der Waals surface area contributed by atoms with Gasteiger partial charge in [-0.25, -0.2) is 0 Å². The molecule has 0 unspecified atom stereocenters. The Bertz CT molecular complexity index is 95.6. The van der Waals surface area contributed by atoms with Crippen LogP contribution in [-0.2, 0) is 10.4 Å². The van der Waals surface area contributed by atoms with Crippen LogP contribution >= 0.6 is 0 Å². The summed E-state index contributed by atoms with van der Waals surface area (Å²) in [6.45, 7) is 0. The van der Waals surface area contributed by atoms with Gasteiger partial charge in [-0.05, 0) is 0 Å². The number of quaternary nitrogens is 1. The Morgan fingerprint density at radius 3 is 1.12 bits per heavy atom. The Labute approximate surface area is 77.1 Å². The van der Waals surface area contributed by atoms with Gasteiger partial charge in [0.2, 0.25) is 0 Å². The van der Waals surface area contributed by atoms with E-state index < -0.39 is 10.4 Å². The van der Waals surface area contributed by atoms with E-state index in [0.717, 1.165) is 0 Å². The third-order valence-electron chi connectivity index (χ3n) is 0. The maximum absolute atomic E-state index is 8.52. The van der Waals surface area contributed by atoms with Crippen LogP contribution in [-0.4, -0.2) is 23.0 Å². The van der Waals surface area contributed by atoms with Crippen molar-refractivity contribution >= 4 is 10.4 Å². The molecule has 8 heavy (non-hydrogen) atoms. The van der Waals surface area contributed by atoms with E-state index in [9.17, 15) is 0 Å². The van der Waals surface area contributed by atoms with E-state index in [-0.39, 0.29) is 49.8 Å². The summed E-state index contributed by atoms with van der Waals surface area (Å²) in [7, 11) is -5.17. The van der Waals surface area contributed by atoms with Gasteiger partial charge in [0.1, 0.15) is 0 Å². The first kappa shape index (κ1) is 23.0. The minimum absolute atomic E-state index is 0. The number of hydrogen-bond donors (Lipinski definition) is 1. The standard InChI is InChI=1S/Dy.H3N.H2O4S.H2O/c;;1-5(2,3)4;/h;1H3;(H2,1,2,3,4);1H2/p-2. The molecule has 0 aliphatic carbocycles. The molecular formula is H5DyNO5S-2. The van der Waals surface area contributed by atoms with Crippen molar-refractivity contribution in [1.29, 1.82) is 0 Å². The van der Waals surface area contributed by atoms with Crippen LogP contribution in [0.4, 0.5) is 0 Å². The van der Waals surface area contributed by atoms with Gasteiger partial charge in [-0.1, -0.05) is 0 Å². The second-order valence-electron chi connectivity index (χ2n) is 0.408. The minimum Gasteiger partial charge on any atom is -0.870 e. The summed E-state index contributed by atoms with van der Waals surface area (Å²) in [5.74, 6) is 0. The van der Waals surface area contributed by atoms with E-state index in [2.05, 4.69) is 0 Å². The number of rotatable bonds is 0. The average Bonchev–Trinajstić information content (AvgIpc) is 0.722. The molecule has 5 N–H and O–H groups in total. The van der Waals surface area contributed by atoms with E-state index in [1.54, 1.807) is 0 Å². The zero-order valence-corrected chi connectivity index (χ0v) is 6.65. The number of hydrogen-bond acceptors (Lipinski definition) is 5. The van der Waals surface area contributed by atoms with Crippen molar-refractivity contribution in [3.05, 3.63) is 0 Å². The SMILES string of the molecule is O=S(=O)([O-])[O-].[Dy].[NH4+].[OH-]. The van der Waals surface area contributed by atoms with Crippen LogP contribution in [0.25, 0.3) is 0 Å². The predicted molar refractivity (Wildman–Crippen MR) is 18.4 cm³/mol. The molecule has 0 radical (unpaired) electrons. The largest absolute Gasteiger partial charge is 0.870 e. The first-order chi connectivity index (χ1) is 2.00. The van der Waals surface area contributed by atoms with Crippen LogP contribution in [0, 0.1) is 38.2 Å². The molecule has 0 heterocycles. The summed E-state index contributed by atoms with van der Waals surface area (Å²) >= 11 is 0. The summed E-state index contributed by atoms with van der Waals surface area (Å²) in [5, 5.41) is 0. The molecule has 58 valence electrons. The van der Waals surface area contributed by atoms with Crippen LogP contribution < -0.4 is 6.15 Å². The molecule has 0 aliphatic rings. The van der Waals surface area contributed by atoms with Gasteiger partial charge in [0.25, 0.3) is 0 Å². The summed E-state index contributed by atoms with van der Waals surface area (Å²) in [5.41, 5.74) is 0. The molecule has 0 amide bonds. The molecule has 0 aliphatic heterocycles. The van der Waals surface area contributed by atoms with Crippen LogP contribution in [0.5, 0.6) is 0 Å². The van der Waals surface area contributed by atoms with E-state index >= 15 is 0 Å². The van der Waals surface area contributed by atoms with Gasteiger partial charge in [0, 0.05) is 48.6 Å². The average molecular weight is 294 g/mol. The van der Waals surface area contributed by atoms with Gasteiger partial charge in [-0.2, -0.15) is 0 Å². The molecule has 0 fully saturated rings. The van der Waals surface area contributed by atoms with E-state index in [1.807, 2.05) is 0 Å². The second kappa shape index (κ2) is 8.06. The molecule has 0 aromatic carbocycles. The Kier molecular flexibility index (Phi) is 23.2. The molecule has 0 atom stereocenters. The molecule has 6 nitrogen and oxygen atoms in total. The quantitative estimate of drug-likeness (QED) is 0.443. The van der Waals surface area contributed by atoms with Crippen molar-refractivity contribution in [2.45, 2.75) is 0 Å². The van der Waals surface area contributed by atoms with Crippen molar-refractivity contribution in [1.82, 2.24) is 6.15 Å². The van der Waals surface area contributed by atoms with Gasteiger partial charge in [0.15, 0.2) is 0 Å². The summed E-state index contributed by atoms with van der Waals surface area (Å²) < 4.78 is 34.1. The van der Waals surface area contributed by atoms with E-state index in [1.165, 1.54) is 0 Å². The minimum atomic E-state index is -5.17. The Hall–Kier alpha value is 1.06. The van der Waals surface area contributed by atoms with Gasteiger partial charge in [-0.15, -0.1) is 0 Å². The molecule has 0 spiro atoms. The molecule has 0 saturated heterocycles. The van der Waals surface area contributed by atoms with Crippen molar-refractivity contribution in [2.75, 3.05) is 0 Å². The summed E-state index contributed by atoms with van der Waals surface area (Å²) in [6, 6.07) is 0. The predicted octanol–water partition coefficient (Wildman–Crippen LogP) is -1.14. The zero-order valence-electron chi connectivity index (χ0n) is 3.80. The molecule has 0 aromatic rings. The van der Waals surface area contributed by atoms with Crippen LogP contribution in [0.3, 0.4) is 0 Å². The summed E-state index contributed by atoms with van der Waals surface area (Å²) in [4.78, 5) is 0. The second-order valence-corrected chi connectivity index (χ2v) is 1.22. The smallest absolute Gasteiger partial charge is 0.0311 e. The van der Waals surface area contributed by atoms with E-state index in [0.29, 0.717) is 0 Å². The molecule has 8 heteroatoms. The Morgan fingerprint density at radius 2 is 1.12 bits per heavy atom. The first-order valence-corrected chi connectivity index (χ1v) is 2.00.